The van der Waals surface area contributed by atoms with Crippen LogP contribution in [0, 0.1) is 11.3 Å². The number of carboxylic acids is 1. The van der Waals surface area contributed by atoms with E-state index in [4.69, 9.17) is 10.4 Å². The van der Waals surface area contributed by atoms with E-state index in [2.05, 4.69) is 4.98 Å². The van der Waals surface area contributed by atoms with Crippen LogP contribution in [0.15, 0.2) is 23.4 Å². The van der Waals surface area contributed by atoms with Crippen molar-refractivity contribution < 1.29 is 9.90 Å². The van der Waals surface area contributed by atoms with Gasteiger partial charge in [0.15, 0.2) is 0 Å². The Hall–Kier alpha value is -1.54. The zero-order chi connectivity index (χ0) is 9.68. The third-order valence-corrected chi connectivity index (χ3v) is 2.08. The minimum absolute atomic E-state index is 0.154. The molecule has 0 aliphatic heterocycles. The van der Waals surface area contributed by atoms with Crippen molar-refractivity contribution in [1.29, 1.82) is 5.26 Å². The van der Waals surface area contributed by atoms with Crippen molar-refractivity contribution in [3.8, 4) is 6.07 Å². The smallest absolute Gasteiger partial charge is 0.337 e. The molecule has 0 aliphatic rings. The number of aromatic carboxylic acids is 1. The molecule has 0 aliphatic carbocycles. The van der Waals surface area contributed by atoms with E-state index in [0.29, 0.717) is 10.8 Å². The summed E-state index contributed by atoms with van der Waals surface area (Å²) in [4.78, 5) is 14.3. The van der Waals surface area contributed by atoms with E-state index in [1.165, 1.54) is 24.0 Å². The molecule has 0 saturated carbocycles. The topological polar surface area (TPSA) is 74.0 Å². The molecule has 1 heterocycles. The molecule has 4 nitrogen and oxygen atoms in total. The van der Waals surface area contributed by atoms with Gasteiger partial charge in [0.25, 0.3) is 0 Å². The second-order valence-corrected chi connectivity index (χ2v) is 3.13. The standard InChI is InChI=1S/C8H6N2O2S/c9-3-4-13-7-2-1-6(5-10-7)8(11)12/h1-2,5H,4H2,(H,11,12). The first-order chi connectivity index (χ1) is 6.24. The number of hydrogen-bond acceptors (Lipinski definition) is 4. The van der Waals surface area contributed by atoms with Crippen molar-refractivity contribution in [3.63, 3.8) is 0 Å². The van der Waals surface area contributed by atoms with Crippen LogP contribution in [-0.2, 0) is 0 Å². The van der Waals surface area contributed by atoms with E-state index in [1.807, 2.05) is 6.07 Å². The maximum Gasteiger partial charge on any atom is 0.337 e. The molecule has 13 heavy (non-hydrogen) atoms. The molecule has 0 fully saturated rings. The second-order valence-electron chi connectivity index (χ2n) is 2.14. The lowest BCUT2D eigenvalue weighted by Gasteiger charge is -1.96. The summed E-state index contributed by atoms with van der Waals surface area (Å²) in [7, 11) is 0. The average molecular weight is 194 g/mol. The summed E-state index contributed by atoms with van der Waals surface area (Å²) in [6.45, 7) is 0. The molecule has 1 aromatic rings. The predicted molar refractivity (Wildman–Crippen MR) is 47.5 cm³/mol. The number of hydrogen-bond donors (Lipinski definition) is 1. The fourth-order valence-electron chi connectivity index (χ4n) is 0.698. The van der Waals surface area contributed by atoms with E-state index in [-0.39, 0.29) is 5.56 Å². The fraction of sp³-hybridized carbons (Fsp3) is 0.125. The quantitative estimate of drug-likeness (QED) is 0.736. The van der Waals surface area contributed by atoms with Crippen LogP contribution >= 0.6 is 11.8 Å². The molecule has 1 rings (SSSR count). The normalized spacial score (nSPS) is 9.15. The predicted octanol–water partition coefficient (Wildman–Crippen LogP) is 1.40. The van der Waals surface area contributed by atoms with Gasteiger partial charge in [-0.1, -0.05) is 11.8 Å². The Morgan fingerprint density at radius 2 is 2.46 bits per heavy atom. The number of carbonyl (C=O) groups is 1. The molecule has 0 radical (unpaired) electrons. The van der Waals surface area contributed by atoms with Crippen molar-refractivity contribution in [3.05, 3.63) is 23.9 Å². The van der Waals surface area contributed by atoms with Gasteiger partial charge in [0.1, 0.15) is 0 Å². The molecule has 0 bridgehead atoms. The molecular formula is C8H6N2O2S. The Morgan fingerprint density at radius 3 is 2.92 bits per heavy atom. The molecule has 0 unspecified atom stereocenters. The largest absolute Gasteiger partial charge is 0.478 e. The van der Waals surface area contributed by atoms with Gasteiger partial charge >= 0.3 is 5.97 Å². The first kappa shape index (κ1) is 9.55. The van der Waals surface area contributed by atoms with Crippen LogP contribution < -0.4 is 0 Å². The van der Waals surface area contributed by atoms with Gasteiger partial charge in [-0.05, 0) is 12.1 Å². The highest BCUT2D eigenvalue weighted by Gasteiger charge is 2.02. The van der Waals surface area contributed by atoms with Gasteiger partial charge in [0.05, 0.1) is 22.4 Å². The highest BCUT2D eigenvalue weighted by molar-refractivity contribution is 7.99. The van der Waals surface area contributed by atoms with Crippen molar-refractivity contribution >= 4 is 17.7 Å². The van der Waals surface area contributed by atoms with Crippen LogP contribution in [0.5, 0.6) is 0 Å². The van der Waals surface area contributed by atoms with Crippen molar-refractivity contribution in [2.45, 2.75) is 5.03 Å². The van der Waals surface area contributed by atoms with Crippen molar-refractivity contribution in [1.82, 2.24) is 4.98 Å². The van der Waals surface area contributed by atoms with Crippen molar-refractivity contribution in [2.24, 2.45) is 0 Å². The van der Waals surface area contributed by atoms with E-state index in [0.717, 1.165) is 0 Å². The van der Waals surface area contributed by atoms with Gasteiger partial charge in [-0.15, -0.1) is 0 Å². The molecule has 0 amide bonds. The maximum absolute atomic E-state index is 10.4. The number of nitriles is 1. The summed E-state index contributed by atoms with van der Waals surface area (Å²) in [5.41, 5.74) is 0.154. The van der Waals surface area contributed by atoms with E-state index in [1.54, 1.807) is 6.07 Å². The Kier molecular flexibility index (Phi) is 3.29. The minimum Gasteiger partial charge on any atom is -0.478 e. The monoisotopic (exact) mass is 194 g/mol. The summed E-state index contributed by atoms with van der Waals surface area (Å²) >= 11 is 1.28. The Labute approximate surface area is 79.2 Å². The second kappa shape index (κ2) is 4.48. The van der Waals surface area contributed by atoms with E-state index >= 15 is 0 Å². The minimum atomic E-state index is -0.996. The molecular weight excluding hydrogens is 188 g/mol. The van der Waals surface area contributed by atoms with Crippen molar-refractivity contribution in [2.75, 3.05) is 5.75 Å². The summed E-state index contributed by atoms with van der Waals surface area (Å²) in [6.07, 6.45) is 1.28. The summed E-state index contributed by atoms with van der Waals surface area (Å²) < 4.78 is 0. The zero-order valence-corrected chi connectivity index (χ0v) is 7.41. The Balaban J connectivity index is 2.71. The van der Waals surface area contributed by atoms with Crippen LogP contribution in [0.1, 0.15) is 10.4 Å². The molecule has 1 aromatic heterocycles. The summed E-state index contributed by atoms with van der Waals surface area (Å²) in [5, 5.41) is 17.5. The fourth-order valence-corrected chi connectivity index (χ4v) is 1.20. The lowest BCUT2D eigenvalue weighted by Crippen LogP contribution is -1.96. The van der Waals surface area contributed by atoms with Gasteiger partial charge in [0, 0.05) is 6.20 Å². The number of pyridine rings is 1. The summed E-state index contributed by atoms with van der Waals surface area (Å²) in [5.74, 6) is -0.677. The lowest BCUT2D eigenvalue weighted by molar-refractivity contribution is 0.0696. The summed E-state index contributed by atoms with van der Waals surface area (Å²) in [6, 6.07) is 5.02. The molecule has 66 valence electrons. The maximum atomic E-state index is 10.4. The molecule has 5 heteroatoms. The van der Waals surface area contributed by atoms with Gasteiger partial charge in [-0.3, -0.25) is 0 Å². The third kappa shape index (κ3) is 2.76. The van der Waals surface area contributed by atoms with Crippen LogP contribution in [0.3, 0.4) is 0 Å². The number of thioether (sulfide) groups is 1. The highest BCUT2D eigenvalue weighted by Crippen LogP contribution is 2.14. The van der Waals surface area contributed by atoms with E-state index < -0.39 is 5.97 Å². The SMILES string of the molecule is N#CCSc1ccc(C(=O)O)cn1. The van der Waals surface area contributed by atoms with Gasteiger partial charge in [-0.25, -0.2) is 9.78 Å². The molecule has 0 spiro atoms. The molecule has 0 aromatic carbocycles. The van der Waals surface area contributed by atoms with Crippen LogP contribution in [0.2, 0.25) is 0 Å². The highest BCUT2D eigenvalue weighted by atomic mass is 32.2. The lowest BCUT2D eigenvalue weighted by atomic mass is 10.3. The first-order valence-electron chi connectivity index (χ1n) is 3.43. The number of rotatable bonds is 3. The Morgan fingerprint density at radius 1 is 1.69 bits per heavy atom. The molecule has 1 N–H and O–H groups in total. The zero-order valence-electron chi connectivity index (χ0n) is 6.60. The number of carboxylic acid groups (broad SMARTS) is 1. The average Bonchev–Trinajstić information content (AvgIpc) is 2.15. The van der Waals surface area contributed by atoms with Crippen LogP contribution in [0.4, 0.5) is 0 Å². The van der Waals surface area contributed by atoms with E-state index in [9.17, 15) is 4.79 Å². The Bertz CT molecular complexity index is 342. The third-order valence-electron chi connectivity index (χ3n) is 1.27. The molecule has 0 saturated heterocycles. The van der Waals surface area contributed by atoms with Crippen LogP contribution in [-0.4, -0.2) is 21.8 Å². The first-order valence-corrected chi connectivity index (χ1v) is 4.41. The number of nitrogens with zero attached hydrogens (tertiary/aromatic N) is 2. The van der Waals surface area contributed by atoms with Gasteiger partial charge in [0.2, 0.25) is 0 Å². The molecule has 0 atom stereocenters. The van der Waals surface area contributed by atoms with Gasteiger partial charge < -0.3 is 5.11 Å². The van der Waals surface area contributed by atoms with Crippen LogP contribution in [0.25, 0.3) is 0 Å². The number of aromatic nitrogens is 1. The van der Waals surface area contributed by atoms with Gasteiger partial charge in [-0.2, -0.15) is 5.26 Å².